The molecule has 0 spiro atoms. The van der Waals surface area contributed by atoms with Crippen LogP contribution in [0, 0.1) is 20.8 Å². The maximum atomic E-state index is 8.66. The molecular formula is C17H30NO2+. The SMILES string of the molecule is Cc1cc(C)c(OCCCCCC[NH2+]CCO)c(C)c1. The Morgan fingerprint density at radius 2 is 1.60 bits per heavy atom. The van der Waals surface area contributed by atoms with Crippen molar-refractivity contribution in [2.75, 3.05) is 26.3 Å². The Bertz CT molecular complexity index is 368. The van der Waals surface area contributed by atoms with Crippen LogP contribution in [0.1, 0.15) is 42.4 Å². The molecule has 0 bridgehead atoms. The number of quaternary nitrogens is 1. The molecule has 3 N–H and O–H groups in total. The summed E-state index contributed by atoms with van der Waals surface area (Å²) < 4.78 is 5.93. The highest BCUT2D eigenvalue weighted by Crippen LogP contribution is 2.24. The van der Waals surface area contributed by atoms with Crippen molar-refractivity contribution in [3.8, 4) is 5.75 Å². The second-order valence-corrected chi connectivity index (χ2v) is 5.58. The summed E-state index contributed by atoms with van der Waals surface area (Å²) in [5, 5.41) is 10.8. The van der Waals surface area contributed by atoms with Crippen LogP contribution >= 0.6 is 0 Å². The maximum absolute atomic E-state index is 8.66. The standard InChI is InChI=1S/C17H29NO2/c1-14-12-15(2)17(16(3)13-14)20-11-7-5-4-6-8-18-9-10-19/h12-13,18-19H,4-11H2,1-3H3/p+1. The minimum absolute atomic E-state index is 0.281. The highest BCUT2D eigenvalue weighted by Gasteiger charge is 2.04. The van der Waals surface area contributed by atoms with Crippen LogP contribution < -0.4 is 10.1 Å². The zero-order valence-corrected chi connectivity index (χ0v) is 13.2. The Labute approximate surface area is 123 Å². The molecule has 3 heteroatoms. The second-order valence-electron chi connectivity index (χ2n) is 5.58. The van der Waals surface area contributed by atoms with Crippen molar-refractivity contribution >= 4 is 0 Å². The van der Waals surface area contributed by atoms with E-state index in [4.69, 9.17) is 9.84 Å². The topological polar surface area (TPSA) is 46.1 Å². The predicted octanol–water partition coefficient (Wildman–Crippen LogP) is 2.11. The lowest BCUT2D eigenvalue weighted by molar-refractivity contribution is -0.656. The Hall–Kier alpha value is -1.06. The van der Waals surface area contributed by atoms with Crippen molar-refractivity contribution in [2.24, 2.45) is 0 Å². The van der Waals surface area contributed by atoms with E-state index in [2.05, 4.69) is 38.2 Å². The van der Waals surface area contributed by atoms with Crippen LogP contribution in [-0.2, 0) is 0 Å². The van der Waals surface area contributed by atoms with Crippen LogP contribution in [0.4, 0.5) is 0 Å². The largest absolute Gasteiger partial charge is 0.493 e. The lowest BCUT2D eigenvalue weighted by atomic mass is 10.1. The smallest absolute Gasteiger partial charge is 0.125 e. The molecule has 0 aliphatic carbocycles. The van der Waals surface area contributed by atoms with Gasteiger partial charge in [-0.3, -0.25) is 0 Å². The lowest BCUT2D eigenvalue weighted by Crippen LogP contribution is -2.85. The summed E-state index contributed by atoms with van der Waals surface area (Å²) in [7, 11) is 0. The summed E-state index contributed by atoms with van der Waals surface area (Å²) in [6.45, 7) is 9.40. The van der Waals surface area contributed by atoms with Gasteiger partial charge in [0, 0.05) is 0 Å². The molecule has 0 aliphatic rings. The Kier molecular flexibility index (Phi) is 8.31. The predicted molar refractivity (Wildman–Crippen MR) is 83.4 cm³/mol. The molecule has 0 atom stereocenters. The first-order valence-electron chi connectivity index (χ1n) is 7.78. The molecule has 1 aromatic rings. The molecule has 20 heavy (non-hydrogen) atoms. The van der Waals surface area contributed by atoms with Crippen LogP contribution in [0.25, 0.3) is 0 Å². The molecule has 0 saturated heterocycles. The summed E-state index contributed by atoms with van der Waals surface area (Å²) >= 11 is 0. The third-order valence-corrected chi connectivity index (χ3v) is 3.49. The fourth-order valence-electron chi connectivity index (χ4n) is 2.55. The van der Waals surface area contributed by atoms with Gasteiger partial charge in [0.1, 0.15) is 5.75 Å². The molecule has 0 heterocycles. The number of hydrogen-bond acceptors (Lipinski definition) is 2. The van der Waals surface area contributed by atoms with E-state index in [9.17, 15) is 0 Å². The first kappa shape index (κ1) is 17.0. The minimum Gasteiger partial charge on any atom is -0.493 e. The van der Waals surface area contributed by atoms with E-state index in [0.717, 1.165) is 31.9 Å². The number of rotatable bonds is 10. The van der Waals surface area contributed by atoms with E-state index in [1.165, 1.54) is 36.0 Å². The fraction of sp³-hybridized carbons (Fsp3) is 0.647. The molecule has 1 rings (SSSR count). The van der Waals surface area contributed by atoms with Crippen molar-refractivity contribution < 1.29 is 15.2 Å². The summed E-state index contributed by atoms with van der Waals surface area (Å²) in [6.07, 6.45) is 4.81. The second kappa shape index (κ2) is 9.78. The lowest BCUT2D eigenvalue weighted by Gasteiger charge is -2.13. The van der Waals surface area contributed by atoms with E-state index in [0.29, 0.717) is 0 Å². The van der Waals surface area contributed by atoms with Gasteiger partial charge in [-0.1, -0.05) is 17.7 Å². The molecule has 0 unspecified atom stereocenters. The van der Waals surface area contributed by atoms with Gasteiger partial charge in [-0.2, -0.15) is 0 Å². The molecule has 1 aromatic carbocycles. The molecule has 3 nitrogen and oxygen atoms in total. The van der Waals surface area contributed by atoms with Gasteiger partial charge in [-0.25, -0.2) is 0 Å². The molecule has 0 amide bonds. The van der Waals surface area contributed by atoms with Gasteiger partial charge in [0.2, 0.25) is 0 Å². The van der Waals surface area contributed by atoms with Crippen LogP contribution in [0.15, 0.2) is 12.1 Å². The number of unbranched alkanes of at least 4 members (excludes halogenated alkanes) is 3. The molecule has 114 valence electrons. The van der Waals surface area contributed by atoms with Gasteiger partial charge >= 0.3 is 0 Å². The fourth-order valence-corrected chi connectivity index (χ4v) is 2.55. The van der Waals surface area contributed by atoms with E-state index in [-0.39, 0.29) is 6.61 Å². The van der Waals surface area contributed by atoms with E-state index < -0.39 is 0 Å². The van der Waals surface area contributed by atoms with E-state index in [1.807, 2.05) is 0 Å². The Morgan fingerprint density at radius 1 is 0.950 bits per heavy atom. The number of aliphatic hydroxyl groups excluding tert-OH is 1. The zero-order valence-electron chi connectivity index (χ0n) is 13.2. The molecule has 0 aliphatic heterocycles. The van der Waals surface area contributed by atoms with Crippen LogP contribution in [0.5, 0.6) is 5.75 Å². The van der Waals surface area contributed by atoms with Gasteiger partial charge < -0.3 is 15.2 Å². The van der Waals surface area contributed by atoms with Crippen LogP contribution in [0.2, 0.25) is 0 Å². The van der Waals surface area contributed by atoms with E-state index in [1.54, 1.807) is 0 Å². The summed E-state index contributed by atoms with van der Waals surface area (Å²) in [5.74, 6) is 1.06. The Morgan fingerprint density at radius 3 is 2.25 bits per heavy atom. The summed E-state index contributed by atoms with van der Waals surface area (Å²) in [5.41, 5.74) is 3.77. The number of nitrogens with two attached hydrogens (primary N) is 1. The third-order valence-electron chi connectivity index (χ3n) is 3.49. The average molecular weight is 280 g/mol. The highest BCUT2D eigenvalue weighted by atomic mass is 16.5. The van der Waals surface area contributed by atoms with Crippen molar-refractivity contribution in [3.63, 3.8) is 0 Å². The molecular weight excluding hydrogens is 250 g/mol. The maximum Gasteiger partial charge on any atom is 0.125 e. The van der Waals surface area contributed by atoms with Crippen molar-refractivity contribution in [3.05, 3.63) is 28.8 Å². The quantitative estimate of drug-likeness (QED) is 0.645. The minimum atomic E-state index is 0.281. The highest BCUT2D eigenvalue weighted by molar-refractivity contribution is 5.42. The van der Waals surface area contributed by atoms with Crippen molar-refractivity contribution in [1.82, 2.24) is 0 Å². The zero-order chi connectivity index (χ0) is 14.8. The Balaban J connectivity index is 2.13. The average Bonchev–Trinajstić information content (AvgIpc) is 2.39. The normalized spacial score (nSPS) is 10.8. The van der Waals surface area contributed by atoms with Gasteiger partial charge in [-0.15, -0.1) is 0 Å². The molecule has 0 radical (unpaired) electrons. The van der Waals surface area contributed by atoms with Gasteiger partial charge in [0.05, 0.1) is 26.3 Å². The van der Waals surface area contributed by atoms with Gasteiger partial charge in [0.15, 0.2) is 0 Å². The third kappa shape index (κ3) is 6.40. The first-order chi connectivity index (χ1) is 9.65. The first-order valence-corrected chi connectivity index (χ1v) is 7.78. The number of aliphatic hydroxyl groups is 1. The van der Waals surface area contributed by atoms with Crippen molar-refractivity contribution in [2.45, 2.75) is 46.5 Å². The number of hydrogen-bond donors (Lipinski definition) is 2. The van der Waals surface area contributed by atoms with Crippen LogP contribution in [-0.4, -0.2) is 31.4 Å². The number of benzene rings is 1. The summed E-state index contributed by atoms with van der Waals surface area (Å²) in [6, 6.07) is 4.36. The van der Waals surface area contributed by atoms with Crippen LogP contribution in [0.3, 0.4) is 0 Å². The van der Waals surface area contributed by atoms with Gasteiger partial charge in [0.25, 0.3) is 0 Å². The molecule has 0 saturated carbocycles. The number of aryl methyl sites for hydroxylation is 3. The molecule has 0 aromatic heterocycles. The monoisotopic (exact) mass is 280 g/mol. The molecule has 0 fully saturated rings. The number of ether oxygens (including phenoxy) is 1. The van der Waals surface area contributed by atoms with E-state index >= 15 is 0 Å². The summed E-state index contributed by atoms with van der Waals surface area (Å²) in [4.78, 5) is 0. The van der Waals surface area contributed by atoms with Crippen molar-refractivity contribution in [1.29, 1.82) is 0 Å². The van der Waals surface area contributed by atoms with Gasteiger partial charge in [-0.05, 0) is 57.6 Å².